The maximum absolute atomic E-state index is 4.45. The standard InChI is InChI=1S/C12H17BrN2/c1-12(2)6-4-8-15(9-12)11-10(13)5-3-7-14-11/h3,5,7H,4,6,8-9H2,1-2H3. The van der Waals surface area contributed by atoms with Crippen LogP contribution in [0.2, 0.25) is 0 Å². The molecule has 0 unspecified atom stereocenters. The average Bonchev–Trinajstić information content (AvgIpc) is 2.17. The Kier molecular flexibility index (Phi) is 3.01. The van der Waals surface area contributed by atoms with Crippen LogP contribution in [0.3, 0.4) is 0 Å². The van der Waals surface area contributed by atoms with Crippen LogP contribution in [0.25, 0.3) is 0 Å². The second kappa shape index (κ2) is 4.12. The van der Waals surface area contributed by atoms with Crippen LogP contribution in [-0.2, 0) is 0 Å². The Bertz CT molecular complexity index is 349. The van der Waals surface area contributed by atoms with Crippen LogP contribution in [0, 0.1) is 5.41 Å². The third-order valence-corrected chi connectivity index (χ3v) is 3.56. The quantitative estimate of drug-likeness (QED) is 0.776. The fourth-order valence-electron chi connectivity index (χ4n) is 2.21. The van der Waals surface area contributed by atoms with Crippen LogP contribution >= 0.6 is 15.9 Å². The highest BCUT2D eigenvalue weighted by Crippen LogP contribution is 2.33. The van der Waals surface area contributed by atoms with Crippen LogP contribution in [0.5, 0.6) is 0 Å². The number of anilines is 1. The third kappa shape index (κ3) is 2.51. The van der Waals surface area contributed by atoms with Crippen molar-refractivity contribution in [3.63, 3.8) is 0 Å². The SMILES string of the molecule is CC1(C)CCCN(c2ncccc2Br)C1. The maximum atomic E-state index is 4.45. The molecule has 0 saturated carbocycles. The first-order valence-electron chi connectivity index (χ1n) is 5.44. The summed E-state index contributed by atoms with van der Waals surface area (Å²) in [6.45, 7) is 6.88. The van der Waals surface area contributed by atoms with E-state index in [0.29, 0.717) is 5.41 Å². The molecule has 0 aromatic carbocycles. The van der Waals surface area contributed by atoms with Crippen LogP contribution in [0.15, 0.2) is 22.8 Å². The molecule has 2 nitrogen and oxygen atoms in total. The van der Waals surface area contributed by atoms with Gasteiger partial charge in [0.05, 0.1) is 4.47 Å². The summed E-state index contributed by atoms with van der Waals surface area (Å²) in [5.41, 5.74) is 0.412. The molecule has 2 heterocycles. The van der Waals surface area contributed by atoms with Gasteiger partial charge in [0, 0.05) is 19.3 Å². The molecule has 0 spiro atoms. The lowest BCUT2D eigenvalue weighted by atomic mass is 9.84. The number of rotatable bonds is 1. The smallest absolute Gasteiger partial charge is 0.142 e. The molecule has 0 N–H and O–H groups in total. The van der Waals surface area contributed by atoms with E-state index in [1.165, 1.54) is 12.8 Å². The molecule has 1 aliphatic rings. The summed E-state index contributed by atoms with van der Waals surface area (Å²) in [5, 5.41) is 0. The Labute approximate surface area is 99.8 Å². The zero-order valence-corrected chi connectivity index (χ0v) is 10.9. The molecule has 0 aliphatic carbocycles. The lowest BCUT2D eigenvalue weighted by molar-refractivity contribution is 0.292. The Morgan fingerprint density at radius 2 is 2.27 bits per heavy atom. The van der Waals surface area contributed by atoms with Crippen molar-refractivity contribution in [2.45, 2.75) is 26.7 Å². The molecule has 1 saturated heterocycles. The normalized spacial score (nSPS) is 20.3. The van der Waals surface area contributed by atoms with Gasteiger partial charge in [-0.2, -0.15) is 0 Å². The lowest BCUT2D eigenvalue weighted by Crippen LogP contribution is -2.40. The van der Waals surface area contributed by atoms with E-state index in [4.69, 9.17) is 0 Å². The molecule has 1 aromatic rings. The van der Waals surface area contributed by atoms with E-state index in [1.54, 1.807) is 0 Å². The van der Waals surface area contributed by atoms with Crippen LogP contribution in [0.4, 0.5) is 5.82 Å². The first-order valence-corrected chi connectivity index (χ1v) is 6.23. The molecular weight excluding hydrogens is 252 g/mol. The highest BCUT2D eigenvalue weighted by atomic mass is 79.9. The fraction of sp³-hybridized carbons (Fsp3) is 0.583. The van der Waals surface area contributed by atoms with Crippen molar-refractivity contribution in [1.82, 2.24) is 4.98 Å². The topological polar surface area (TPSA) is 16.1 Å². The minimum absolute atomic E-state index is 0.412. The summed E-state index contributed by atoms with van der Waals surface area (Å²) in [6.07, 6.45) is 4.44. The molecule has 15 heavy (non-hydrogen) atoms. The van der Waals surface area contributed by atoms with E-state index in [-0.39, 0.29) is 0 Å². The van der Waals surface area contributed by atoms with E-state index in [0.717, 1.165) is 23.4 Å². The summed E-state index contributed by atoms with van der Waals surface area (Å²) in [4.78, 5) is 6.83. The minimum atomic E-state index is 0.412. The first-order chi connectivity index (χ1) is 7.08. The largest absolute Gasteiger partial charge is 0.355 e. The zero-order chi connectivity index (χ0) is 10.9. The van der Waals surface area contributed by atoms with Crippen LogP contribution in [0.1, 0.15) is 26.7 Å². The molecule has 82 valence electrons. The number of aromatic nitrogens is 1. The van der Waals surface area contributed by atoms with Gasteiger partial charge in [-0.25, -0.2) is 4.98 Å². The predicted octanol–water partition coefficient (Wildman–Crippen LogP) is 3.47. The molecule has 2 rings (SSSR count). The first kappa shape index (κ1) is 10.9. The van der Waals surface area contributed by atoms with Gasteiger partial charge in [0.2, 0.25) is 0 Å². The van der Waals surface area contributed by atoms with Crippen molar-refractivity contribution in [3.8, 4) is 0 Å². The molecule has 1 fully saturated rings. The lowest BCUT2D eigenvalue weighted by Gasteiger charge is -2.39. The van der Waals surface area contributed by atoms with Crippen molar-refractivity contribution in [1.29, 1.82) is 0 Å². The van der Waals surface area contributed by atoms with E-state index < -0.39 is 0 Å². The van der Waals surface area contributed by atoms with Gasteiger partial charge in [0.1, 0.15) is 5.82 Å². The van der Waals surface area contributed by atoms with Crippen molar-refractivity contribution >= 4 is 21.7 Å². The summed E-state index contributed by atoms with van der Waals surface area (Å²) < 4.78 is 1.10. The van der Waals surface area contributed by atoms with Gasteiger partial charge in [-0.05, 0) is 46.3 Å². The molecular formula is C12H17BrN2. The molecule has 0 radical (unpaired) electrons. The fourth-order valence-corrected chi connectivity index (χ4v) is 2.72. The van der Waals surface area contributed by atoms with Crippen molar-refractivity contribution < 1.29 is 0 Å². The Morgan fingerprint density at radius 3 is 2.93 bits per heavy atom. The number of hydrogen-bond donors (Lipinski definition) is 0. The number of hydrogen-bond acceptors (Lipinski definition) is 2. The van der Waals surface area contributed by atoms with Gasteiger partial charge in [-0.1, -0.05) is 13.8 Å². The van der Waals surface area contributed by atoms with Crippen LogP contribution < -0.4 is 4.90 Å². The predicted molar refractivity (Wildman–Crippen MR) is 67.2 cm³/mol. The number of pyridine rings is 1. The third-order valence-electron chi connectivity index (χ3n) is 2.94. The minimum Gasteiger partial charge on any atom is -0.355 e. The van der Waals surface area contributed by atoms with E-state index in [9.17, 15) is 0 Å². The molecule has 1 aliphatic heterocycles. The van der Waals surface area contributed by atoms with Gasteiger partial charge in [-0.15, -0.1) is 0 Å². The molecule has 0 amide bonds. The van der Waals surface area contributed by atoms with Gasteiger partial charge in [-0.3, -0.25) is 0 Å². The van der Waals surface area contributed by atoms with Gasteiger partial charge in [0.15, 0.2) is 0 Å². The summed E-state index contributed by atoms with van der Waals surface area (Å²) in [5.74, 6) is 1.09. The molecule has 3 heteroatoms. The number of piperidine rings is 1. The average molecular weight is 269 g/mol. The summed E-state index contributed by atoms with van der Waals surface area (Å²) in [7, 11) is 0. The van der Waals surface area contributed by atoms with E-state index in [1.807, 2.05) is 12.3 Å². The second-order valence-corrected chi connectivity index (χ2v) is 5.85. The Morgan fingerprint density at radius 1 is 1.47 bits per heavy atom. The van der Waals surface area contributed by atoms with Crippen molar-refractivity contribution in [3.05, 3.63) is 22.8 Å². The zero-order valence-electron chi connectivity index (χ0n) is 9.33. The van der Waals surface area contributed by atoms with Crippen molar-refractivity contribution in [2.24, 2.45) is 5.41 Å². The highest BCUT2D eigenvalue weighted by Gasteiger charge is 2.27. The monoisotopic (exact) mass is 268 g/mol. The number of halogens is 1. The maximum Gasteiger partial charge on any atom is 0.142 e. The van der Waals surface area contributed by atoms with E-state index in [2.05, 4.69) is 45.7 Å². The Hall–Kier alpha value is -0.570. The van der Waals surface area contributed by atoms with Gasteiger partial charge < -0.3 is 4.90 Å². The molecule has 0 bridgehead atoms. The van der Waals surface area contributed by atoms with Crippen LogP contribution in [-0.4, -0.2) is 18.1 Å². The second-order valence-electron chi connectivity index (χ2n) is 5.00. The molecule has 0 atom stereocenters. The van der Waals surface area contributed by atoms with Crippen molar-refractivity contribution in [2.75, 3.05) is 18.0 Å². The van der Waals surface area contributed by atoms with Gasteiger partial charge >= 0.3 is 0 Å². The highest BCUT2D eigenvalue weighted by molar-refractivity contribution is 9.10. The Balaban J connectivity index is 2.21. The summed E-state index contributed by atoms with van der Waals surface area (Å²) in [6, 6.07) is 4.02. The van der Waals surface area contributed by atoms with Gasteiger partial charge in [0.25, 0.3) is 0 Å². The summed E-state index contributed by atoms with van der Waals surface area (Å²) >= 11 is 3.57. The van der Waals surface area contributed by atoms with E-state index >= 15 is 0 Å². The molecule has 1 aromatic heterocycles. The number of nitrogens with zero attached hydrogens (tertiary/aromatic N) is 2.